The summed E-state index contributed by atoms with van der Waals surface area (Å²) in [5, 5.41) is 3.17. The van der Waals surface area contributed by atoms with Gasteiger partial charge >= 0.3 is 0 Å². The summed E-state index contributed by atoms with van der Waals surface area (Å²) in [7, 11) is 1.89. The number of primary amides is 1. The van der Waals surface area contributed by atoms with Crippen molar-refractivity contribution < 1.29 is 4.79 Å². The Balaban J connectivity index is 2.61. The fourth-order valence-corrected chi connectivity index (χ4v) is 1.72. The molecule has 0 radical (unpaired) electrons. The lowest BCUT2D eigenvalue weighted by atomic mass is 10.00. The van der Waals surface area contributed by atoms with Crippen molar-refractivity contribution >= 4 is 5.91 Å². The molecule has 1 rings (SSSR count). The number of hydrogen-bond donors (Lipinski definition) is 2. The van der Waals surface area contributed by atoms with Crippen molar-refractivity contribution in [2.24, 2.45) is 11.7 Å². The van der Waals surface area contributed by atoms with Crippen LogP contribution in [0.1, 0.15) is 32.6 Å². The van der Waals surface area contributed by atoms with Gasteiger partial charge in [0, 0.05) is 11.6 Å². The summed E-state index contributed by atoms with van der Waals surface area (Å²) in [6, 6.07) is 0.153. The molecule has 3 N–H and O–H groups in total. The van der Waals surface area contributed by atoms with E-state index in [1.54, 1.807) is 0 Å². The molecule has 0 bridgehead atoms. The lowest BCUT2D eigenvalue weighted by molar-refractivity contribution is -0.114. The van der Waals surface area contributed by atoms with Gasteiger partial charge in [0.25, 0.3) is 0 Å². The Kier molecular flexibility index (Phi) is 4.14. The smallest absolute Gasteiger partial charge is 0.245 e. The zero-order valence-electron chi connectivity index (χ0n) is 9.05. The molecule has 0 aromatic carbocycles. The monoisotopic (exact) mass is 196 g/mol. The Morgan fingerprint density at radius 3 is 2.64 bits per heavy atom. The Morgan fingerprint density at radius 2 is 2.29 bits per heavy atom. The first-order valence-electron chi connectivity index (χ1n) is 5.36. The van der Waals surface area contributed by atoms with E-state index in [0.29, 0.717) is 0 Å². The van der Waals surface area contributed by atoms with Crippen molar-refractivity contribution in [3.8, 4) is 0 Å². The molecule has 1 atom stereocenters. The van der Waals surface area contributed by atoms with Gasteiger partial charge in [-0.05, 0) is 25.8 Å². The number of likely N-dealkylation sites (N-methyl/N-ethyl adjacent to an activating group) is 1. The van der Waals surface area contributed by atoms with Crippen LogP contribution in [0.2, 0.25) is 0 Å². The molecule has 14 heavy (non-hydrogen) atoms. The van der Waals surface area contributed by atoms with E-state index in [9.17, 15) is 4.79 Å². The Morgan fingerprint density at radius 1 is 1.64 bits per heavy atom. The molecule has 1 saturated carbocycles. The minimum atomic E-state index is -0.285. The third-order valence-electron chi connectivity index (χ3n) is 2.70. The molecule has 1 fully saturated rings. The minimum absolute atomic E-state index is 0.153. The van der Waals surface area contributed by atoms with Gasteiger partial charge < -0.3 is 11.1 Å². The first kappa shape index (κ1) is 11.2. The van der Waals surface area contributed by atoms with Gasteiger partial charge in [-0.2, -0.15) is 0 Å². The van der Waals surface area contributed by atoms with Crippen LogP contribution in [-0.2, 0) is 4.79 Å². The van der Waals surface area contributed by atoms with Crippen LogP contribution in [-0.4, -0.2) is 19.0 Å². The topological polar surface area (TPSA) is 55.1 Å². The molecular formula is C11H20N2O. The molecule has 0 aromatic heterocycles. The lowest BCUT2D eigenvalue weighted by Gasteiger charge is -2.17. The molecule has 1 unspecified atom stereocenters. The maximum absolute atomic E-state index is 11.2. The molecule has 0 aliphatic heterocycles. The molecule has 0 saturated heterocycles. The Bertz CT molecular complexity index is 231. The number of nitrogens with one attached hydrogen (secondary N) is 1. The molecule has 0 heterocycles. The van der Waals surface area contributed by atoms with Crippen molar-refractivity contribution in [2.75, 3.05) is 7.05 Å². The van der Waals surface area contributed by atoms with Gasteiger partial charge in [-0.1, -0.05) is 25.8 Å². The van der Waals surface area contributed by atoms with Gasteiger partial charge in [-0.15, -0.1) is 0 Å². The number of hydrogen-bond acceptors (Lipinski definition) is 2. The van der Waals surface area contributed by atoms with Crippen LogP contribution >= 0.6 is 0 Å². The first-order valence-corrected chi connectivity index (χ1v) is 5.36. The highest BCUT2D eigenvalue weighted by atomic mass is 16.1. The number of allylic oxidation sites excluding steroid dienone is 1. The van der Waals surface area contributed by atoms with Crippen LogP contribution in [0.3, 0.4) is 0 Å². The number of carbonyl (C=O) groups excluding carboxylic acids is 1. The zero-order valence-corrected chi connectivity index (χ0v) is 9.05. The molecule has 80 valence electrons. The van der Waals surface area contributed by atoms with Gasteiger partial charge in [0.2, 0.25) is 5.91 Å². The van der Waals surface area contributed by atoms with E-state index in [1.807, 2.05) is 20.0 Å². The average Bonchev–Trinajstić information content (AvgIpc) is 2.94. The highest BCUT2D eigenvalue weighted by Crippen LogP contribution is 2.34. The highest BCUT2D eigenvalue weighted by molar-refractivity contribution is 5.93. The van der Waals surface area contributed by atoms with Crippen molar-refractivity contribution in [3.63, 3.8) is 0 Å². The number of rotatable bonds is 6. The Labute approximate surface area is 85.7 Å². The summed E-state index contributed by atoms with van der Waals surface area (Å²) >= 11 is 0. The van der Waals surface area contributed by atoms with Crippen molar-refractivity contribution in [3.05, 3.63) is 11.6 Å². The average molecular weight is 196 g/mol. The largest absolute Gasteiger partial charge is 0.366 e. The van der Waals surface area contributed by atoms with Crippen molar-refractivity contribution in [2.45, 2.75) is 38.6 Å². The second-order valence-corrected chi connectivity index (χ2v) is 3.95. The fraction of sp³-hybridized carbons (Fsp3) is 0.727. The van der Waals surface area contributed by atoms with Crippen LogP contribution in [0, 0.1) is 5.92 Å². The van der Waals surface area contributed by atoms with E-state index in [1.165, 1.54) is 12.8 Å². The summed E-state index contributed by atoms with van der Waals surface area (Å²) in [4.78, 5) is 11.2. The van der Waals surface area contributed by atoms with Crippen LogP contribution in [0.25, 0.3) is 0 Å². The maximum Gasteiger partial charge on any atom is 0.245 e. The van der Waals surface area contributed by atoms with Crippen molar-refractivity contribution in [1.82, 2.24) is 5.32 Å². The third kappa shape index (κ3) is 3.14. The number of amides is 1. The van der Waals surface area contributed by atoms with Crippen LogP contribution in [0.5, 0.6) is 0 Å². The number of carbonyl (C=O) groups is 1. The van der Waals surface area contributed by atoms with Crippen LogP contribution < -0.4 is 11.1 Å². The summed E-state index contributed by atoms with van der Waals surface area (Å²) in [6.07, 6.45) is 6.45. The van der Waals surface area contributed by atoms with Gasteiger partial charge in [-0.3, -0.25) is 4.79 Å². The van der Waals surface area contributed by atoms with Gasteiger partial charge in [0.1, 0.15) is 0 Å². The predicted octanol–water partition coefficient (Wildman–Crippen LogP) is 1.20. The van der Waals surface area contributed by atoms with Crippen LogP contribution in [0.4, 0.5) is 0 Å². The molecule has 1 aliphatic rings. The summed E-state index contributed by atoms with van der Waals surface area (Å²) in [5.41, 5.74) is 6.10. The van der Waals surface area contributed by atoms with Gasteiger partial charge in [0.05, 0.1) is 0 Å². The van der Waals surface area contributed by atoms with E-state index in [0.717, 1.165) is 24.3 Å². The summed E-state index contributed by atoms with van der Waals surface area (Å²) in [5.74, 6) is 0.513. The minimum Gasteiger partial charge on any atom is -0.366 e. The van der Waals surface area contributed by atoms with E-state index >= 15 is 0 Å². The van der Waals surface area contributed by atoms with E-state index < -0.39 is 0 Å². The quantitative estimate of drug-likeness (QED) is 0.627. The van der Waals surface area contributed by atoms with Gasteiger partial charge in [0.15, 0.2) is 0 Å². The second-order valence-electron chi connectivity index (χ2n) is 3.95. The molecule has 1 aliphatic carbocycles. The first-order chi connectivity index (χ1) is 6.69. The lowest BCUT2D eigenvalue weighted by Crippen LogP contribution is -2.34. The van der Waals surface area contributed by atoms with E-state index in [2.05, 4.69) is 5.32 Å². The predicted molar refractivity (Wildman–Crippen MR) is 57.8 cm³/mol. The molecule has 3 nitrogen and oxygen atoms in total. The molecular weight excluding hydrogens is 176 g/mol. The highest BCUT2D eigenvalue weighted by Gasteiger charge is 2.27. The fourth-order valence-electron chi connectivity index (χ4n) is 1.72. The molecule has 0 aromatic rings. The normalized spacial score (nSPS) is 19.4. The molecule has 3 heteroatoms. The van der Waals surface area contributed by atoms with E-state index in [-0.39, 0.29) is 11.9 Å². The molecule has 0 spiro atoms. The maximum atomic E-state index is 11.2. The third-order valence-corrected chi connectivity index (χ3v) is 2.70. The Hall–Kier alpha value is -0.830. The SMILES string of the molecule is CCC=C(C(N)=O)C(CC1CC1)NC. The van der Waals surface area contributed by atoms with E-state index in [4.69, 9.17) is 5.73 Å². The summed E-state index contributed by atoms with van der Waals surface area (Å²) in [6.45, 7) is 2.02. The van der Waals surface area contributed by atoms with Crippen LogP contribution in [0.15, 0.2) is 11.6 Å². The van der Waals surface area contributed by atoms with Crippen molar-refractivity contribution in [1.29, 1.82) is 0 Å². The standard InChI is InChI=1S/C11H20N2O/c1-3-4-9(11(12)14)10(13-2)7-8-5-6-8/h4,8,10,13H,3,5-7H2,1-2H3,(H2,12,14). The summed E-state index contributed by atoms with van der Waals surface area (Å²) < 4.78 is 0. The second kappa shape index (κ2) is 5.15. The number of nitrogens with two attached hydrogens (primary N) is 1. The van der Waals surface area contributed by atoms with Gasteiger partial charge in [-0.25, -0.2) is 0 Å². The molecule has 1 amide bonds. The zero-order chi connectivity index (χ0) is 10.6.